The van der Waals surface area contributed by atoms with Gasteiger partial charge in [-0.2, -0.15) is 9.97 Å². The number of aromatic nitrogens is 3. The molecule has 5 heterocycles. The lowest BCUT2D eigenvalue weighted by molar-refractivity contribution is -0.126. The largest absolute Gasteiger partial charge is 0.467 e. The van der Waals surface area contributed by atoms with Gasteiger partial charge < -0.3 is 19.3 Å². The molecule has 3 aliphatic rings. The van der Waals surface area contributed by atoms with Crippen LogP contribution in [0.25, 0.3) is 32.9 Å². The highest BCUT2D eigenvalue weighted by Crippen LogP contribution is 2.38. The highest BCUT2D eigenvalue weighted by molar-refractivity contribution is 6.36. The van der Waals surface area contributed by atoms with E-state index >= 15 is 4.39 Å². The maximum atomic E-state index is 16.2. The zero-order valence-electron chi connectivity index (χ0n) is 24.2. The average molecular weight is 621 g/mol. The minimum absolute atomic E-state index is 0.00426. The smallest absolute Gasteiger partial charge is 0.318 e. The number of hydrogen-bond donors (Lipinski definition) is 0. The molecule has 0 bridgehead atoms. The van der Waals surface area contributed by atoms with Gasteiger partial charge in [0.2, 0.25) is 5.91 Å². The van der Waals surface area contributed by atoms with Gasteiger partial charge in [0, 0.05) is 80.9 Å². The number of anilines is 1. The van der Waals surface area contributed by atoms with Gasteiger partial charge in [0.25, 0.3) is 0 Å². The zero-order chi connectivity index (χ0) is 30.4. The second kappa shape index (κ2) is 11.9. The van der Waals surface area contributed by atoms with Crippen LogP contribution in [0.5, 0.6) is 6.01 Å². The second-order valence-electron chi connectivity index (χ2n) is 11.5. The lowest BCUT2D eigenvalue weighted by Crippen LogP contribution is -2.48. The first-order chi connectivity index (χ1) is 21.4. The lowest BCUT2D eigenvalue weighted by atomic mass is 10.0. The van der Waals surface area contributed by atoms with Gasteiger partial charge in [0.1, 0.15) is 22.8 Å². The first-order valence-electron chi connectivity index (χ1n) is 14.7. The lowest BCUT2D eigenvalue weighted by Gasteiger charge is -2.35. The molecule has 3 aliphatic heterocycles. The average Bonchev–Trinajstić information content (AvgIpc) is 3.65. The summed E-state index contributed by atoms with van der Waals surface area (Å²) in [5.74, 6) is 0.375. The number of nitrogens with zero attached hydrogens (tertiary/aromatic N) is 6. The number of methoxy groups -OCH3 is 1. The molecule has 2 unspecified atom stereocenters. The van der Waals surface area contributed by atoms with Gasteiger partial charge >= 0.3 is 6.01 Å². The Labute approximate surface area is 258 Å². The number of ether oxygens (including phenoxy) is 2. The number of rotatable bonds is 6. The molecule has 12 heteroatoms. The molecule has 228 valence electrons. The molecule has 2 aromatic heterocycles. The summed E-state index contributed by atoms with van der Waals surface area (Å²) in [6, 6.07) is 8.05. The molecule has 3 fully saturated rings. The van der Waals surface area contributed by atoms with Crippen molar-refractivity contribution in [3.63, 3.8) is 0 Å². The molecular formula is C32H31ClF2N6O3. The molecular weight excluding hydrogens is 590 g/mol. The van der Waals surface area contributed by atoms with E-state index in [1.165, 1.54) is 19.4 Å². The molecule has 0 radical (unpaired) electrons. The molecule has 1 amide bonds. The fourth-order valence-corrected chi connectivity index (χ4v) is 6.80. The van der Waals surface area contributed by atoms with Crippen LogP contribution in [0.3, 0.4) is 0 Å². The summed E-state index contributed by atoms with van der Waals surface area (Å²) in [5, 5.41) is 1.33. The van der Waals surface area contributed by atoms with Crippen molar-refractivity contribution in [3.05, 3.63) is 65.3 Å². The van der Waals surface area contributed by atoms with Crippen molar-refractivity contribution in [3.8, 4) is 17.3 Å². The maximum Gasteiger partial charge on any atom is 0.318 e. The number of carbonyl (C=O) groups is 1. The van der Waals surface area contributed by atoms with E-state index in [4.69, 9.17) is 21.1 Å². The van der Waals surface area contributed by atoms with Crippen LogP contribution in [-0.2, 0) is 9.53 Å². The van der Waals surface area contributed by atoms with Crippen molar-refractivity contribution >= 4 is 45.0 Å². The van der Waals surface area contributed by atoms with E-state index in [1.807, 2.05) is 11.0 Å². The van der Waals surface area contributed by atoms with E-state index in [9.17, 15) is 9.18 Å². The third-order valence-corrected chi connectivity index (χ3v) is 9.22. The third kappa shape index (κ3) is 5.22. The van der Waals surface area contributed by atoms with Gasteiger partial charge in [-0.05, 0) is 11.5 Å². The first kappa shape index (κ1) is 28.8. The van der Waals surface area contributed by atoms with Gasteiger partial charge in [-0.1, -0.05) is 41.9 Å². The highest BCUT2D eigenvalue weighted by Gasteiger charge is 2.36. The van der Waals surface area contributed by atoms with Crippen LogP contribution >= 0.6 is 11.6 Å². The molecule has 2 aromatic carbocycles. The zero-order valence-corrected chi connectivity index (χ0v) is 24.9. The van der Waals surface area contributed by atoms with Gasteiger partial charge in [0.15, 0.2) is 5.82 Å². The van der Waals surface area contributed by atoms with Crippen molar-refractivity contribution in [1.82, 2.24) is 24.8 Å². The van der Waals surface area contributed by atoms with Crippen LogP contribution in [0.1, 0.15) is 0 Å². The molecule has 44 heavy (non-hydrogen) atoms. The van der Waals surface area contributed by atoms with E-state index in [2.05, 4.69) is 19.9 Å². The maximum absolute atomic E-state index is 16.2. The van der Waals surface area contributed by atoms with E-state index in [1.54, 1.807) is 35.2 Å². The molecule has 0 N–H and O–H groups in total. The van der Waals surface area contributed by atoms with Crippen molar-refractivity contribution in [2.24, 2.45) is 11.8 Å². The Balaban J connectivity index is 1.10. The fraction of sp³-hybridized carbons (Fsp3) is 0.375. The Hall–Kier alpha value is -3.93. The summed E-state index contributed by atoms with van der Waals surface area (Å²) in [6.07, 6.45) is 5.13. The molecule has 4 aromatic rings. The summed E-state index contributed by atoms with van der Waals surface area (Å²) in [4.78, 5) is 32.4. The number of fused-ring (bicyclic) bond motifs is 3. The fourth-order valence-electron chi connectivity index (χ4n) is 6.53. The first-order valence-corrected chi connectivity index (χ1v) is 15.1. The monoisotopic (exact) mass is 620 g/mol. The number of carbonyl (C=O) groups excluding carboxylic acids is 1. The summed E-state index contributed by atoms with van der Waals surface area (Å²) in [7, 11) is 1.42. The van der Waals surface area contributed by atoms with Gasteiger partial charge in [-0.25, -0.2) is 8.78 Å². The Morgan fingerprint density at radius 1 is 1.09 bits per heavy atom. The van der Waals surface area contributed by atoms with E-state index < -0.39 is 11.6 Å². The van der Waals surface area contributed by atoms with E-state index in [-0.39, 0.29) is 28.2 Å². The molecule has 9 nitrogen and oxygen atoms in total. The van der Waals surface area contributed by atoms with E-state index in [0.717, 1.165) is 32.8 Å². The number of likely N-dealkylation sites (tertiary alicyclic amines) is 1. The molecule has 2 atom stereocenters. The standard InChI is InChI=1S/C32H31ClF2N6O3/c1-43-32-37-30-23(14-36-29(28(30)35)22-5-2-4-19-7-8-24(34)27(33)26(19)22)31(38-32)41-12-10-40(11-13-41)25(42)6-3-9-39-15-20-17-44-18-21(20)16-39/h2-8,14,20-21H,9-13,15-18H2,1H3/b6-3+. The van der Waals surface area contributed by atoms with E-state index in [0.29, 0.717) is 65.6 Å². The predicted molar refractivity (Wildman–Crippen MR) is 164 cm³/mol. The normalized spacial score (nSPS) is 20.7. The van der Waals surface area contributed by atoms with Crippen molar-refractivity contribution < 1.29 is 23.0 Å². The van der Waals surface area contributed by atoms with Crippen molar-refractivity contribution in [2.75, 3.05) is 71.0 Å². The van der Waals surface area contributed by atoms with Crippen LogP contribution in [-0.4, -0.2) is 96.8 Å². The summed E-state index contributed by atoms with van der Waals surface area (Å²) in [6.45, 7) is 6.42. The minimum Gasteiger partial charge on any atom is -0.467 e. The second-order valence-corrected chi connectivity index (χ2v) is 11.9. The molecule has 0 aliphatic carbocycles. The Morgan fingerprint density at radius 2 is 1.86 bits per heavy atom. The van der Waals surface area contributed by atoms with Crippen LogP contribution in [0.15, 0.2) is 48.7 Å². The molecule has 7 rings (SSSR count). The van der Waals surface area contributed by atoms with Gasteiger partial charge in [-0.15, -0.1) is 0 Å². The van der Waals surface area contributed by atoms with Crippen LogP contribution in [0.4, 0.5) is 14.6 Å². The predicted octanol–water partition coefficient (Wildman–Crippen LogP) is 4.57. The van der Waals surface area contributed by atoms with Crippen LogP contribution < -0.4 is 9.64 Å². The number of benzene rings is 2. The van der Waals surface area contributed by atoms with Gasteiger partial charge in [0.05, 0.1) is 30.7 Å². The Morgan fingerprint density at radius 3 is 2.61 bits per heavy atom. The third-order valence-electron chi connectivity index (χ3n) is 8.85. The SMILES string of the molecule is COc1nc(N2CCN(C(=O)/C=C/CN3CC4COCC4C3)CC2)c2cnc(-c3cccc4ccc(F)c(Cl)c34)c(F)c2n1. The van der Waals surface area contributed by atoms with Crippen LogP contribution in [0.2, 0.25) is 5.02 Å². The topological polar surface area (TPSA) is 83.9 Å². The summed E-state index contributed by atoms with van der Waals surface area (Å²) >= 11 is 6.32. The van der Waals surface area contributed by atoms with Crippen molar-refractivity contribution in [1.29, 1.82) is 0 Å². The van der Waals surface area contributed by atoms with Gasteiger partial charge in [-0.3, -0.25) is 14.7 Å². The number of pyridine rings is 1. The minimum atomic E-state index is -0.689. The number of piperazine rings is 1. The highest BCUT2D eigenvalue weighted by atomic mass is 35.5. The Kier molecular flexibility index (Phi) is 7.77. The van der Waals surface area contributed by atoms with Crippen LogP contribution in [0, 0.1) is 23.5 Å². The summed E-state index contributed by atoms with van der Waals surface area (Å²) in [5.41, 5.74) is 0.378. The quantitative estimate of drug-likeness (QED) is 0.290. The number of hydrogen-bond acceptors (Lipinski definition) is 8. The molecule has 0 spiro atoms. The van der Waals surface area contributed by atoms with Crippen molar-refractivity contribution in [2.45, 2.75) is 0 Å². The molecule has 0 saturated carbocycles. The molecule has 3 saturated heterocycles. The Bertz CT molecular complexity index is 1770. The summed E-state index contributed by atoms with van der Waals surface area (Å²) < 4.78 is 41.5. The number of amides is 1. The number of halogens is 3.